The molecule has 0 unspecified atom stereocenters. The molecule has 150 valence electrons. The molecule has 0 aliphatic carbocycles. The predicted molar refractivity (Wildman–Crippen MR) is 111 cm³/mol. The standard InChI is InChI=1S/C20H18N2O5S2/c1-12-9-10-28-18(12)19(23)22-15-4-6-16(7-5-15)27-20(24)14-3-8-17(13(2)11-14)29(21,25)26/h3-11H,1-2H3,(H,22,23)(H2,21,25,26). The number of aryl methyl sites for hydroxylation is 2. The van der Waals surface area contributed by atoms with Gasteiger partial charge >= 0.3 is 5.97 Å². The molecule has 7 nitrogen and oxygen atoms in total. The van der Waals surface area contributed by atoms with E-state index in [1.54, 1.807) is 31.2 Å². The molecule has 0 aliphatic rings. The third-order valence-corrected chi connectivity index (χ3v) is 6.19. The molecule has 1 amide bonds. The molecule has 3 N–H and O–H groups in total. The quantitative estimate of drug-likeness (QED) is 0.475. The monoisotopic (exact) mass is 430 g/mol. The number of sulfonamides is 1. The number of nitrogens with one attached hydrogen (secondary N) is 1. The predicted octanol–water partition coefficient (Wildman–Crippen LogP) is 3.48. The van der Waals surface area contributed by atoms with Crippen molar-refractivity contribution < 1.29 is 22.7 Å². The zero-order chi connectivity index (χ0) is 21.2. The van der Waals surface area contributed by atoms with Crippen molar-refractivity contribution >= 4 is 38.9 Å². The topological polar surface area (TPSA) is 116 Å². The maximum atomic E-state index is 12.3. The largest absolute Gasteiger partial charge is 0.423 e. The first-order valence-corrected chi connectivity index (χ1v) is 10.9. The summed E-state index contributed by atoms with van der Waals surface area (Å²) in [5.41, 5.74) is 2.02. The van der Waals surface area contributed by atoms with Gasteiger partial charge in [0, 0.05) is 5.69 Å². The van der Waals surface area contributed by atoms with E-state index in [1.807, 2.05) is 18.4 Å². The molecule has 1 aromatic heterocycles. The highest BCUT2D eigenvalue weighted by atomic mass is 32.2. The number of primary sulfonamides is 1. The first kappa shape index (κ1) is 20.7. The second-order valence-electron chi connectivity index (χ2n) is 6.33. The van der Waals surface area contributed by atoms with Crippen LogP contribution in [0.25, 0.3) is 0 Å². The van der Waals surface area contributed by atoms with E-state index in [2.05, 4.69) is 5.32 Å². The fourth-order valence-electron chi connectivity index (χ4n) is 2.66. The van der Waals surface area contributed by atoms with Crippen molar-refractivity contribution in [1.29, 1.82) is 0 Å². The van der Waals surface area contributed by atoms with Crippen LogP contribution in [0.5, 0.6) is 5.75 Å². The lowest BCUT2D eigenvalue weighted by Crippen LogP contribution is -2.15. The molecule has 0 aliphatic heterocycles. The van der Waals surface area contributed by atoms with Crippen LogP contribution in [0.3, 0.4) is 0 Å². The molecule has 0 saturated heterocycles. The molecule has 3 aromatic rings. The summed E-state index contributed by atoms with van der Waals surface area (Å²) in [5, 5.41) is 9.76. The van der Waals surface area contributed by atoms with Gasteiger partial charge in [0.05, 0.1) is 15.3 Å². The Balaban J connectivity index is 1.68. The minimum absolute atomic E-state index is 0.0462. The van der Waals surface area contributed by atoms with Crippen LogP contribution in [-0.2, 0) is 10.0 Å². The number of carbonyl (C=O) groups excluding carboxylic acids is 2. The van der Waals surface area contributed by atoms with E-state index in [-0.39, 0.29) is 22.1 Å². The van der Waals surface area contributed by atoms with Crippen molar-refractivity contribution in [3.63, 3.8) is 0 Å². The maximum absolute atomic E-state index is 12.3. The van der Waals surface area contributed by atoms with Crippen molar-refractivity contribution in [2.45, 2.75) is 18.7 Å². The third-order valence-electron chi connectivity index (χ3n) is 4.11. The van der Waals surface area contributed by atoms with Gasteiger partial charge in [-0.25, -0.2) is 18.4 Å². The third kappa shape index (κ3) is 4.89. The van der Waals surface area contributed by atoms with Crippen LogP contribution < -0.4 is 15.2 Å². The van der Waals surface area contributed by atoms with Crippen LogP contribution in [0.1, 0.15) is 31.2 Å². The summed E-state index contributed by atoms with van der Waals surface area (Å²) in [6, 6.07) is 12.2. The molecule has 0 saturated carbocycles. The summed E-state index contributed by atoms with van der Waals surface area (Å²) in [6.07, 6.45) is 0. The van der Waals surface area contributed by atoms with Gasteiger partial charge in [-0.1, -0.05) is 0 Å². The van der Waals surface area contributed by atoms with Gasteiger partial charge in [0.25, 0.3) is 5.91 Å². The van der Waals surface area contributed by atoms with Gasteiger partial charge in [0.2, 0.25) is 10.0 Å². The molecule has 3 rings (SSSR count). The lowest BCUT2D eigenvalue weighted by atomic mass is 10.1. The van der Waals surface area contributed by atoms with Crippen molar-refractivity contribution in [3.05, 3.63) is 75.5 Å². The summed E-state index contributed by atoms with van der Waals surface area (Å²) in [4.78, 5) is 25.1. The van der Waals surface area contributed by atoms with Gasteiger partial charge in [0.1, 0.15) is 5.75 Å². The van der Waals surface area contributed by atoms with Gasteiger partial charge in [-0.3, -0.25) is 4.79 Å². The number of hydrogen-bond donors (Lipinski definition) is 2. The van der Waals surface area contributed by atoms with E-state index in [0.717, 1.165) is 5.56 Å². The first-order chi connectivity index (χ1) is 13.6. The highest BCUT2D eigenvalue weighted by Crippen LogP contribution is 2.21. The van der Waals surface area contributed by atoms with Gasteiger partial charge in [-0.2, -0.15) is 0 Å². The number of ether oxygens (including phenoxy) is 1. The number of thiophene rings is 1. The summed E-state index contributed by atoms with van der Waals surface area (Å²) in [5.74, 6) is -0.554. The van der Waals surface area contributed by atoms with Gasteiger partial charge in [0.15, 0.2) is 0 Å². The second-order valence-corrected chi connectivity index (χ2v) is 8.77. The smallest absolute Gasteiger partial charge is 0.343 e. The molecule has 0 bridgehead atoms. The molecule has 0 atom stereocenters. The van der Waals surface area contributed by atoms with Gasteiger partial charge in [-0.05, 0) is 78.9 Å². The van der Waals surface area contributed by atoms with Crippen LogP contribution in [0.2, 0.25) is 0 Å². The number of hydrogen-bond acceptors (Lipinski definition) is 6. The SMILES string of the molecule is Cc1cc(C(=O)Oc2ccc(NC(=O)c3sccc3C)cc2)ccc1S(N)(=O)=O. The number of benzene rings is 2. The molecule has 29 heavy (non-hydrogen) atoms. The second kappa shape index (κ2) is 8.16. The van der Waals surface area contributed by atoms with Crippen LogP contribution in [0.4, 0.5) is 5.69 Å². The van der Waals surface area contributed by atoms with E-state index in [1.165, 1.54) is 29.5 Å². The van der Waals surface area contributed by atoms with Crippen LogP contribution >= 0.6 is 11.3 Å². The molecule has 9 heteroatoms. The average Bonchev–Trinajstić information content (AvgIpc) is 3.08. The normalized spacial score (nSPS) is 11.1. The Morgan fingerprint density at radius 2 is 1.69 bits per heavy atom. The Kier molecular flexibility index (Phi) is 5.83. The summed E-state index contributed by atoms with van der Waals surface area (Å²) in [6.45, 7) is 3.41. The lowest BCUT2D eigenvalue weighted by molar-refractivity contribution is 0.0734. The maximum Gasteiger partial charge on any atom is 0.343 e. The van der Waals surface area contributed by atoms with Crippen molar-refractivity contribution in [2.75, 3.05) is 5.32 Å². The molecule has 2 aromatic carbocycles. The Bertz CT molecular complexity index is 1180. The highest BCUT2D eigenvalue weighted by molar-refractivity contribution is 7.89. The number of rotatable bonds is 5. The van der Waals surface area contributed by atoms with E-state index in [4.69, 9.17) is 9.88 Å². The number of anilines is 1. The molecular formula is C20H18N2O5S2. The summed E-state index contributed by atoms with van der Waals surface area (Å²) in [7, 11) is -3.85. The van der Waals surface area contributed by atoms with E-state index >= 15 is 0 Å². The lowest BCUT2D eigenvalue weighted by Gasteiger charge is -2.09. The number of esters is 1. The number of nitrogens with two attached hydrogens (primary N) is 1. The first-order valence-electron chi connectivity index (χ1n) is 8.46. The molecule has 0 spiro atoms. The van der Waals surface area contributed by atoms with Crippen LogP contribution in [0, 0.1) is 13.8 Å². The number of amides is 1. The van der Waals surface area contributed by atoms with Crippen molar-refractivity contribution in [1.82, 2.24) is 0 Å². The van der Waals surface area contributed by atoms with E-state index < -0.39 is 16.0 Å². The van der Waals surface area contributed by atoms with Crippen molar-refractivity contribution in [2.24, 2.45) is 5.14 Å². The van der Waals surface area contributed by atoms with E-state index in [9.17, 15) is 18.0 Å². The molecular weight excluding hydrogens is 412 g/mol. The van der Waals surface area contributed by atoms with Gasteiger partial charge in [-0.15, -0.1) is 11.3 Å². The Labute approximate surface area is 172 Å². The van der Waals surface area contributed by atoms with Crippen LogP contribution in [-0.4, -0.2) is 20.3 Å². The minimum atomic E-state index is -3.85. The zero-order valence-electron chi connectivity index (χ0n) is 15.6. The van der Waals surface area contributed by atoms with Gasteiger partial charge < -0.3 is 10.1 Å². The summed E-state index contributed by atoms with van der Waals surface area (Å²) < 4.78 is 28.2. The van der Waals surface area contributed by atoms with E-state index in [0.29, 0.717) is 16.1 Å². The summed E-state index contributed by atoms with van der Waals surface area (Å²) >= 11 is 1.36. The highest BCUT2D eigenvalue weighted by Gasteiger charge is 2.16. The Morgan fingerprint density at radius 1 is 1.00 bits per heavy atom. The van der Waals surface area contributed by atoms with Crippen molar-refractivity contribution in [3.8, 4) is 5.75 Å². The average molecular weight is 431 g/mol. The zero-order valence-corrected chi connectivity index (χ0v) is 17.3. The number of carbonyl (C=O) groups is 2. The Morgan fingerprint density at radius 3 is 2.24 bits per heavy atom. The Hall–Kier alpha value is -3.01. The molecule has 1 heterocycles. The fraction of sp³-hybridized carbons (Fsp3) is 0.100. The molecule has 0 radical (unpaired) electrons. The fourth-order valence-corrected chi connectivity index (χ4v) is 4.25. The molecule has 0 fully saturated rings. The van der Waals surface area contributed by atoms with Crippen LogP contribution in [0.15, 0.2) is 58.8 Å². The minimum Gasteiger partial charge on any atom is -0.423 e.